The minimum absolute atomic E-state index is 0.347. The van der Waals surface area contributed by atoms with Crippen molar-refractivity contribution in [3.05, 3.63) is 47.3 Å². The van der Waals surface area contributed by atoms with E-state index in [1.807, 2.05) is 41.1 Å². The Kier molecular flexibility index (Phi) is 5.35. The molecule has 0 radical (unpaired) electrons. The lowest BCUT2D eigenvalue weighted by Crippen LogP contribution is -2.19. The van der Waals surface area contributed by atoms with Gasteiger partial charge < -0.3 is 16.4 Å². The van der Waals surface area contributed by atoms with Crippen LogP contribution in [0.2, 0.25) is 0 Å². The molecule has 7 heteroatoms. The quantitative estimate of drug-likeness (QED) is 0.569. The lowest BCUT2D eigenvalue weighted by molar-refractivity contribution is 0.251. The van der Waals surface area contributed by atoms with Gasteiger partial charge in [-0.2, -0.15) is 21.1 Å². The molecule has 0 aliphatic heterocycles. The summed E-state index contributed by atoms with van der Waals surface area (Å²) in [4.78, 5) is 12.4. The highest BCUT2D eigenvalue weighted by molar-refractivity contribution is 7.08. The number of carbonyl (C=O) groups excluding carboxylic acids is 1. The van der Waals surface area contributed by atoms with Crippen molar-refractivity contribution < 1.29 is 4.79 Å². The fraction of sp³-hybridized carbons (Fsp3) is 0.222. The van der Waals surface area contributed by atoms with E-state index in [9.17, 15) is 4.79 Å². The molecule has 0 atom stereocenters. The first-order valence-electron chi connectivity index (χ1n) is 8.20. The standard InChI is InChI=1S/C18H21N5OS/c1-2-3-9-20-14-4-6-15(7-5-14)21-18(24)23-11-16(19)17(22-23)13-8-10-25-12-13/h4-8,10-12,20H,2-3,9,19H2,1H3,(H,21,24). The lowest BCUT2D eigenvalue weighted by Gasteiger charge is -2.08. The number of nitrogens with one attached hydrogen (secondary N) is 2. The number of nitrogens with zero attached hydrogens (tertiary/aromatic N) is 2. The molecule has 0 bridgehead atoms. The number of amides is 1. The summed E-state index contributed by atoms with van der Waals surface area (Å²) >= 11 is 1.56. The van der Waals surface area contributed by atoms with Gasteiger partial charge in [0.1, 0.15) is 5.69 Å². The molecule has 1 aromatic carbocycles. The Hall–Kier alpha value is -2.80. The number of nitrogens with two attached hydrogens (primary N) is 1. The van der Waals surface area contributed by atoms with E-state index in [4.69, 9.17) is 5.73 Å². The van der Waals surface area contributed by atoms with Crippen LogP contribution >= 0.6 is 11.3 Å². The number of nitrogen functional groups attached to an aromatic ring is 1. The van der Waals surface area contributed by atoms with Gasteiger partial charge in [-0.25, -0.2) is 4.79 Å². The zero-order valence-electron chi connectivity index (χ0n) is 14.0. The first-order valence-corrected chi connectivity index (χ1v) is 9.14. The number of rotatable bonds is 6. The SMILES string of the molecule is CCCCNc1ccc(NC(=O)n2cc(N)c(-c3ccsc3)n2)cc1. The Balaban J connectivity index is 1.65. The Morgan fingerprint density at radius 1 is 1.24 bits per heavy atom. The normalized spacial score (nSPS) is 10.6. The van der Waals surface area contributed by atoms with Crippen LogP contribution in [-0.4, -0.2) is 22.4 Å². The fourth-order valence-corrected chi connectivity index (χ4v) is 3.02. The van der Waals surface area contributed by atoms with Crippen molar-refractivity contribution in [3.63, 3.8) is 0 Å². The molecule has 4 N–H and O–H groups in total. The molecule has 6 nitrogen and oxygen atoms in total. The third kappa shape index (κ3) is 4.19. The van der Waals surface area contributed by atoms with E-state index in [0.29, 0.717) is 17.1 Å². The van der Waals surface area contributed by atoms with Crippen LogP contribution in [0, 0.1) is 0 Å². The number of thiophene rings is 1. The van der Waals surface area contributed by atoms with Gasteiger partial charge in [-0.15, -0.1) is 0 Å². The van der Waals surface area contributed by atoms with Crippen LogP contribution in [0.1, 0.15) is 19.8 Å². The molecule has 25 heavy (non-hydrogen) atoms. The molecule has 0 aliphatic carbocycles. The van der Waals surface area contributed by atoms with E-state index in [1.54, 1.807) is 11.3 Å². The van der Waals surface area contributed by atoms with Gasteiger partial charge in [0.25, 0.3) is 0 Å². The van der Waals surface area contributed by atoms with Crippen molar-refractivity contribution in [2.75, 3.05) is 22.9 Å². The summed E-state index contributed by atoms with van der Waals surface area (Å²) in [6, 6.07) is 9.19. The number of benzene rings is 1. The molecule has 0 fully saturated rings. The van der Waals surface area contributed by atoms with E-state index >= 15 is 0 Å². The summed E-state index contributed by atoms with van der Waals surface area (Å²) in [5, 5.41) is 14.3. The van der Waals surface area contributed by atoms with Crippen molar-refractivity contribution in [1.82, 2.24) is 9.78 Å². The Morgan fingerprint density at radius 2 is 2.00 bits per heavy atom. The summed E-state index contributed by atoms with van der Waals surface area (Å²) in [6.45, 7) is 3.10. The molecule has 3 aromatic rings. The van der Waals surface area contributed by atoms with E-state index in [2.05, 4.69) is 22.7 Å². The first-order chi connectivity index (χ1) is 12.2. The summed E-state index contributed by atoms with van der Waals surface area (Å²) in [7, 11) is 0. The number of anilines is 3. The second-order valence-corrected chi connectivity index (χ2v) is 6.46. The highest BCUT2D eigenvalue weighted by atomic mass is 32.1. The highest BCUT2D eigenvalue weighted by Crippen LogP contribution is 2.26. The minimum Gasteiger partial charge on any atom is -0.396 e. The van der Waals surface area contributed by atoms with Crippen LogP contribution < -0.4 is 16.4 Å². The molecule has 2 aromatic heterocycles. The number of aromatic nitrogens is 2. The summed E-state index contributed by atoms with van der Waals surface area (Å²) in [5.41, 5.74) is 9.72. The molecular formula is C18H21N5OS. The summed E-state index contributed by atoms with van der Waals surface area (Å²) in [5.74, 6) is 0. The monoisotopic (exact) mass is 355 g/mol. The molecule has 0 unspecified atom stereocenters. The van der Waals surface area contributed by atoms with Crippen molar-refractivity contribution in [2.45, 2.75) is 19.8 Å². The average Bonchev–Trinajstić information content (AvgIpc) is 3.26. The van der Waals surface area contributed by atoms with Gasteiger partial charge in [0.15, 0.2) is 0 Å². The molecule has 0 spiro atoms. The van der Waals surface area contributed by atoms with Gasteiger partial charge in [0, 0.05) is 28.9 Å². The number of hydrogen-bond acceptors (Lipinski definition) is 5. The molecule has 0 aliphatic rings. The molecule has 2 heterocycles. The summed E-state index contributed by atoms with van der Waals surface area (Å²) < 4.78 is 1.23. The molecule has 1 amide bonds. The van der Waals surface area contributed by atoms with E-state index in [1.165, 1.54) is 10.9 Å². The van der Waals surface area contributed by atoms with Crippen LogP contribution in [-0.2, 0) is 0 Å². The first kappa shape index (κ1) is 17.0. The van der Waals surface area contributed by atoms with E-state index in [0.717, 1.165) is 30.6 Å². The third-order valence-electron chi connectivity index (χ3n) is 3.74. The maximum absolute atomic E-state index is 12.4. The molecular weight excluding hydrogens is 334 g/mol. The Labute approximate surface area is 150 Å². The van der Waals surface area contributed by atoms with Gasteiger partial charge in [0.2, 0.25) is 0 Å². The second kappa shape index (κ2) is 7.85. The number of unbranched alkanes of at least 4 members (excludes halogenated alkanes) is 1. The molecule has 0 saturated heterocycles. The van der Waals surface area contributed by atoms with Gasteiger partial charge in [-0.3, -0.25) is 0 Å². The van der Waals surface area contributed by atoms with Crippen LogP contribution in [0.3, 0.4) is 0 Å². The zero-order valence-corrected chi connectivity index (χ0v) is 14.8. The third-order valence-corrected chi connectivity index (χ3v) is 4.42. The van der Waals surface area contributed by atoms with Crippen LogP contribution in [0.4, 0.5) is 21.9 Å². The van der Waals surface area contributed by atoms with Crippen molar-refractivity contribution in [2.24, 2.45) is 0 Å². The van der Waals surface area contributed by atoms with Crippen LogP contribution in [0.5, 0.6) is 0 Å². The predicted octanol–water partition coefficient (Wildman–Crippen LogP) is 4.49. The lowest BCUT2D eigenvalue weighted by atomic mass is 10.2. The van der Waals surface area contributed by atoms with E-state index in [-0.39, 0.29) is 6.03 Å². The fourth-order valence-electron chi connectivity index (χ4n) is 2.38. The minimum atomic E-state index is -0.347. The van der Waals surface area contributed by atoms with Crippen LogP contribution in [0.25, 0.3) is 11.3 Å². The maximum atomic E-state index is 12.4. The zero-order chi connectivity index (χ0) is 17.6. The predicted molar refractivity (Wildman–Crippen MR) is 104 cm³/mol. The van der Waals surface area contributed by atoms with Gasteiger partial charge in [-0.1, -0.05) is 13.3 Å². The van der Waals surface area contributed by atoms with Crippen LogP contribution in [0.15, 0.2) is 47.3 Å². The largest absolute Gasteiger partial charge is 0.396 e. The van der Waals surface area contributed by atoms with Crippen molar-refractivity contribution >= 4 is 34.4 Å². The second-order valence-electron chi connectivity index (χ2n) is 5.68. The van der Waals surface area contributed by atoms with Crippen molar-refractivity contribution in [1.29, 1.82) is 0 Å². The van der Waals surface area contributed by atoms with Gasteiger partial charge in [0.05, 0.1) is 11.9 Å². The number of carbonyl (C=O) groups is 1. The van der Waals surface area contributed by atoms with Gasteiger partial charge in [-0.05, 0) is 42.1 Å². The smallest absolute Gasteiger partial charge is 0.346 e. The Bertz CT molecular complexity index is 824. The van der Waals surface area contributed by atoms with Crippen molar-refractivity contribution in [3.8, 4) is 11.3 Å². The average molecular weight is 355 g/mol. The number of hydrogen-bond donors (Lipinski definition) is 3. The van der Waals surface area contributed by atoms with Gasteiger partial charge >= 0.3 is 6.03 Å². The highest BCUT2D eigenvalue weighted by Gasteiger charge is 2.13. The molecule has 3 rings (SSSR count). The topological polar surface area (TPSA) is 85.0 Å². The Morgan fingerprint density at radius 3 is 2.68 bits per heavy atom. The summed E-state index contributed by atoms with van der Waals surface area (Å²) in [6.07, 6.45) is 3.82. The van der Waals surface area contributed by atoms with E-state index < -0.39 is 0 Å². The molecule has 0 saturated carbocycles. The maximum Gasteiger partial charge on any atom is 0.346 e. The molecule has 130 valence electrons.